The van der Waals surface area contributed by atoms with E-state index in [0.29, 0.717) is 11.1 Å². The smallest absolute Gasteiger partial charge is 0.0992 e. The van der Waals surface area contributed by atoms with E-state index in [1.165, 1.54) is 16.3 Å². The fourth-order valence-corrected chi connectivity index (χ4v) is 6.48. The van der Waals surface area contributed by atoms with Crippen LogP contribution in [0, 0.1) is 29.6 Å². The second-order valence-electron chi connectivity index (χ2n) is 11.0. The van der Waals surface area contributed by atoms with Gasteiger partial charge in [-0.3, -0.25) is 0 Å². The van der Waals surface area contributed by atoms with Crippen molar-refractivity contribution in [2.75, 3.05) is 0 Å². The SMILES string of the molecule is Cc1ccc2c(c1)c1cc(C#N)ccc1n2-c1cccc(-c2cc(C#N)cc(-n3c4ccccc4c4ccccc43)c2)c1. The highest BCUT2D eigenvalue weighted by Gasteiger charge is 2.16. The van der Waals surface area contributed by atoms with Crippen LogP contribution in [0.25, 0.3) is 66.1 Å². The second kappa shape index (κ2) is 9.48. The van der Waals surface area contributed by atoms with Crippen molar-refractivity contribution in [3.63, 3.8) is 0 Å². The molecule has 0 atom stereocenters. The molecule has 0 unspecified atom stereocenters. The van der Waals surface area contributed by atoms with Crippen LogP contribution >= 0.6 is 0 Å². The number of rotatable bonds is 3. The molecule has 0 saturated heterocycles. The maximum atomic E-state index is 10.1. The minimum atomic E-state index is 0.608. The van der Waals surface area contributed by atoms with Crippen LogP contribution in [0.3, 0.4) is 0 Å². The Hall–Kier alpha value is -6.10. The van der Waals surface area contributed by atoms with Crippen molar-refractivity contribution >= 4 is 43.6 Å². The van der Waals surface area contributed by atoms with Gasteiger partial charge in [0.05, 0.1) is 45.3 Å². The number of nitriles is 2. The maximum Gasteiger partial charge on any atom is 0.0992 e. The highest BCUT2D eigenvalue weighted by Crippen LogP contribution is 2.36. The third-order valence-corrected chi connectivity index (χ3v) is 8.37. The van der Waals surface area contributed by atoms with Gasteiger partial charge in [0.15, 0.2) is 0 Å². The summed E-state index contributed by atoms with van der Waals surface area (Å²) >= 11 is 0. The molecule has 0 saturated carbocycles. The molecule has 0 aliphatic rings. The molecule has 0 spiro atoms. The third-order valence-electron chi connectivity index (χ3n) is 8.37. The summed E-state index contributed by atoms with van der Waals surface area (Å²) in [6, 6.07) is 48.4. The minimum absolute atomic E-state index is 0.608. The Morgan fingerprint density at radius 2 is 1.05 bits per heavy atom. The summed E-state index contributed by atoms with van der Waals surface area (Å²) in [5.74, 6) is 0. The zero-order valence-electron chi connectivity index (χ0n) is 23.4. The van der Waals surface area contributed by atoms with Crippen LogP contribution < -0.4 is 0 Å². The molecule has 8 rings (SSSR count). The van der Waals surface area contributed by atoms with Gasteiger partial charge in [-0.15, -0.1) is 0 Å². The first-order valence-electron chi connectivity index (χ1n) is 14.2. The predicted molar refractivity (Wildman–Crippen MR) is 175 cm³/mol. The first-order valence-corrected chi connectivity index (χ1v) is 14.2. The minimum Gasteiger partial charge on any atom is -0.309 e. The highest BCUT2D eigenvalue weighted by atomic mass is 15.0. The molecule has 0 bridgehead atoms. The van der Waals surface area contributed by atoms with Gasteiger partial charge < -0.3 is 9.13 Å². The van der Waals surface area contributed by atoms with Gasteiger partial charge >= 0.3 is 0 Å². The van der Waals surface area contributed by atoms with Crippen LogP contribution in [-0.2, 0) is 0 Å². The highest BCUT2D eigenvalue weighted by molar-refractivity contribution is 6.10. The van der Waals surface area contributed by atoms with E-state index in [0.717, 1.165) is 55.3 Å². The van der Waals surface area contributed by atoms with Gasteiger partial charge in [-0.1, -0.05) is 60.2 Å². The van der Waals surface area contributed by atoms with Crippen LogP contribution in [0.15, 0.2) is 127 Å². The van der Waals surface area contributed by atoms with Gasteiger partial charge in [0.1, 0.15) is 0 Å². The van der Waals surface area contributed by atoms with Gasteiger partial charge in [-0.2, -0.15) is 10.5 Å². The van der Waals surface area contributed by atoms with Crippen molar-refractivity contribution in [3.8, 4) is 34.6 Å². The largest absolute Gasteiger partial charge is 0.309 e. The van der Waals surface area contributed by atoms with E-state index in [2.05, 4.69) is 125 Å². The molecule has 0 radical (unpaired) electrons. The van der Waals surface area contributed by atoms with Crippen molar-refractivity contribution in [3.05, 3.63) is 144 Å². The molecular weight excluding hydrogens is 524 g/mol. The summed E-state index contributed by atoms with van der Waals surface area (Å²) in [4.78, 5) is 0. The number of fused-ring (bicyclic) bond motifs is 6. The van der Waals surface area contributed by atoms with Gasteiger partial charge in [-0.05, 0) is 90.8 Å². The summed E-state index contributed by atoms with van der Waals surface area (Å²) in [7, 11) is 0. The molecule has 6 aromatic carbocycles. The molecule has 4 heteroatoms. The standard InChI is InChI=1S/C39H24N4/c1-25-13-15-38-34(17-25)35-20-26(23-40)14-16-39(35)42(38)30-8-6-7-28(21-30)29-18-27(24-41)19-31(22-29)43-36-11-4-2-9-32(36)33-10-3-5-12-37(33)43/h2-22H,1H3. The Morgan fingerprint density at radius 1 is 0.442 bits per heavy atom. The van der Waals surface area contributed by atoms with Crippen molar-refractivity contribution < 1.29 is 0 Å². The number of aryl methyl sites for hydroxylation is 1. The van der Waals surface area contributed by atoms with Gasteiger partial charge in [0.2, 0.25) is 0 Å². The van der Waals surface area contributed by atoms with Crippen molar-refractivity contribution in [1.82, 2.24) is 9.13 Å². The maximum absolute atomic E-state index is 10.1. The summed E-state index contributed by atoms with van der Waals surface area (Å²) in [6.07, 6.45) is 0. The van der Waals surface area contributed by atoms with Gasteiger partial charge in [0.25, 0.3) is 0 Å². The summed E-state index contributed by atoms with van der Waals surface area (Å²) in [6.45, 7) is 2.09. The lowest BCUT2D eigenvalue weighted by Crippen LogP contribution is -1.97. The second-order valence-corrected chi connectivity index (χ2v) is 11.0. The lowest BCUT2D eigenvalue weighted by molar-refractivity contribution is 1.17. The quantitative estimate of drug-likeness (QED) is 0.221. The molecule has 0 aliphatic carbocycles. The lowest BCUT2D eigenvalue weighted by Gasteiger charge is -2.13. The van der Waals surface area contributed by atoms with Crippen LogP contribution in [0.2, 0.25) is 0 Å². The molecule has 2 heterocycles. The first-order chi connectivity index (χ1) is 21.1. The lowest BCUT2D eigenvalue weighted by atomic mass is 10.0. The van der Waals surface area contributed by atoms with Gasteiger partial charge in [0, 0.05) is 32.9 Å². The molecule has 4 nitrogen and oxygen atoms in total. The number of para-hydroxylation sites is 2. The van der Waals surface area contributed by atoms with Crippen LogP contribution in [0.5, 0.6) is 0 Å². The van der Waals surface area contributed by atoms with Crippen molar-refractivity contribution in [2.45, 2.75) is 6.92 Å². The normalized spacial score (nSPS) is 11.3. The molecule has 0 fully saturated rings. The Bertz CT molecular complexity index is 2440. The number of hydrogen-bond acceptors (Lipinski definition) is 2. The number of nitrogens with zero attached hydrogens (tertiary/aromatic N) is 4. The first kappa shape index (κ1) is 24.7. The van der Waals surface area contributed by atoms with Crippen LogP contribution in [0.1, 0.15) is 16.7 Å². The fourth-order valence-electron chi connectivity index (χ4n) is 6.48. The average molecular weight is 549 g/mol. The van der Waals surface area contributed by atoms with E-state index >= 15 is 0 Å². The fraction of sp³-hybridized carbons (Fsp3) is 0.0256. The van der Waals surface area contributed by atoms with Crippen molar-refractivity contribution in [1.29, 1.82) is 10.5 Å². The molecule has 0 amide bonds. The molecule has 200 valence electrons. The molecule has 8 aromatic rings. The number of hydrogen-bond donors (Lipinski definition) is 0. The summed E-state index contributed by atoms with van der Waals surface area (Å²) < 4.78 is 4.51. The Morgan fingerprint density at radius 3 is 1.77 bits per heavy atom. The summed E-state index contributed by atoms with van der Waals surface area (Å²) in [5.41, 5.74) is 10.7. The Balaban J connectivity index is 1.35. The van der Waals surface area contributed by atoms with E-state index in [9.17, 15) is 10.5 Å². The van der Waals surface area contributed by atoms with E-state index in [4.69, 9.17) is 0 Å². The van der Waals surface area contributed by atoms with E-state index < -0.39 is 0 Å². The summed E-state index contributed by atoms with van der Waals surface area (Å²) in [5, 5.41) is 24.2. The molecule has 0 aliphatic heterocycles. The zero-order chi connectivity index (χ0) is 29.1. The molecule has 43 heavy (non-hydrogen) atoms. The molecule has 0 N–H and O–H groups in total. The number of aromatic nitrogens is 2. The van der Waals surface area contributed by atoms with Crippen LogP contribution in [0.4, 0.5) is 0 Å². The third kappa shape index (κ3) is 3.82. The topological polar surface area (TPSA) is 57.4 Å². The monoisotopic (exact) mass is 548 g/mol. The van der Waals surface area contributed by atoms with E-state index in [1.54, 1.807) is 0 Å². The zero-order valence-corrected chi connectivity index (χ0v) is 23.4. The Kier molecular flexibility index (Phi) is 5.44. The van der Waals surface area contributed by atoms with E-state index in [-0.39, 0.29) is 0 Å². The predicted octanol–water partition coefficient (Wildman–Crippen LogP) is 9.60. The van der Waals surface area contributed by atoms with Crippen LogP contribution in [-0.4, -0.2) is 9.13 Å². The number of benzene rings is 6. The average Bonchev–Trinajstić information content (AvgIpc) is 3.56. The van der Waals surface area contributed by atoms with Gasteiger partial charge in [-0.25, -0.2) is 0 Å². The molecular formula is C39H24N4. The van der Waals surface area contributed by atoms with Crippen molar-refractivity contribution in [2.24, 2.45) is 0 Å². The molecule has 2 aromatic heterocycles. The Labute approximate surface area is 248 Å². The van der Waals surface area contributed by atoms with E-state index in [1.807, 2.05) is 30.3 Å².